The summed E-state index contributed by atoms with van der Waals surface area (Å²) in [4.78, 5) is 1.50. The number of alkyl halides is 4. The Morgan fingerprint density at radius 2 is 1.74 bits per heavy atom. The van der Waals surface area contributed by atoms with Crippen molar-refractivity contribution < 1.29 is 22.0 Å². The molecule has 0 spiro atoms. The van der Waals surface area contributed by atoms with Crippen LogP contribution >= 0.6 is 36.4 Å². The molecule has 10 heteroatoms. The highest BCUT2D eigenvalue weighted by molar-refractivity contribution is 6.30. The summed E-state index contributed by atoms with van der Waals surface area (Å²) in [5.74, 6) is -1.20. The molecule has 0 unspecified atom stereocenters. The number of nitrogens with one attached hydrogen (secondary N) is 1. The predicted octanol–water partition coefficient (Wildman–Crippen LogP) is 4.26. The summed E-state index contributed by atoms with van der Waals surface area (Å²) in [6.07, 6.45) is -4.76. The summed E-state index contributed by atoms with van der Waals surface area (Å²) in [6, 6.07) is 0.254. The first-order valence-corrected chi connectivity index (χ1v) is 6.80. The lowest BCUT2D eigenvalue weighted by Crippen LogP contribution is -2.46. The van der Waals surface area contributed by atoms with E-state index in [1.807, 2.05) is 0 Å². The van der Waals surface area contributed by atoms with Gasteiger partial charge in [-0.15, -0.1) is 24.8 Å². The van der Waals surface area contributed by atoms with E-state index < -0.39 is 40.9 Å². The molecule has 0 radical (unpaired) electrons. The smallest absolute Gasteiger partial charge is 0.314 e. The molecule has 2 rings (SSSR count). The molecule has 1 aliphatic rings. The van der Waals surface area contributed by atoms with E-state index in [-0.39, 0.29) is 24.8 Å². The molecule has 1 fully saturated rings. The van der Waals surface area contributed by atoms with Crippen LogP contribution in [0.1, 0.15) is 17.2 Å². The monoisotopic (exact) mass is 400 g/mol. The first kappa shape index (κ1) is 22.7. The molecule has 134 valence electrons. The molecule has 1 aliphatic heterocycles. The van der Waals surface area contributed by atoms with Crippen LogP contribution in [0, 0.1) is 5.82 Å². The lowest BCUT2D eigenvalue weighted by Gasteiger charge is -2.35. The van der Waals surface area contributed by atoms with Crippen molar-refractivity contribution in [3.05, 3.63) is 34.1 Å². The van der Waals surface area contributed by atoms with Crippen LogP contribution in [-0.2, 0) is 6.18 Å². The van der Waals surface area contributed by atoms with Crippen molar-refractivity contribution >= 4 is 36.4 Å². The number of nitrogens with zero attached hydrogens (tertiary/aromatic N) is 1. The van der Waals surface area contributed by atoms with Gasteiger partial charge in [0.25, 0.3) is 0 Å². The van der Waals surface area contributed by atoms with Crippen LogP contribution in [0.25, 0.3) is 0 Å². The number of halogens is 8. The van der Waals surface area contributed by atoms with Gasteiger partial charge in [-0.05, 0) is 12.1 Å². The normalized spacial score (nSPS) is 17.1. The second kappa shape index (κ2) is 9.22. The summed E-state index contributed by atoms with van der Waals surface area (Å²) in [7, 11) is 0. The fraction of sp³-hybridized carbons (Fsp3) is 0.538. The molecular weight excluding hydrogens is 386 g/mol. The third kappa shape index (κ3) is 5.06. The number of piperazine rings is 1. The van der Waals surface area contributed by atoms with Gasteiger partial charge in [0.05, 0.1) is 16.6 Å². The topological polar surface area (TPSA) is 15.3 Å². The largest absolute Gasteiger partial charge is 0.416 e. The minimum absolute atomic E-state index is 0. The van der Waals surface area contributed by atoms with Gasteiger partial charge < -0.3 is 5.32 Å². The quantitative estimate of drug-likeness (QED) is 0.762. The van der Waals surface area contributed by atoms with Crippen LogP contribution in [0.4, 0.5) is 22.0 Å². The summed E-state index contributed by atoms with van der Waals surface area (Å²) in [5.41, 5.74) is -1.88. The van der Waals surface area contributed by atoms with Crippen LogP contribution in [0.2, 0.25) is 5.02 Å². The number of hydrogen-bond donors (Lipinski definition) is 1. The Morgan fingerprint density at radius 1 is 1.17 bits per heavy atom. The molecule has 1 atom stereocenters. The van der Waals surface area contributed by atoms with Gasteiger partial charge >= 0.3 is 6.18 Å². The number of benzene rings is 1. The van der Waals surface area contributed by atoms with Crippen molar-refractivity contribution in [2.45, 2.75) is 12.2 Å². The Morgan fingerprint density at radius 3 is 2.22 bits per heavy atom. The van der Waals surface area contributed by atoms with E-state index >= 15 is 0 Å². The molecule has 0 aliphatic carbocycles. The Kier molecular flexibility index (Phi) is 9.09. The predicted molar refractivity (Wildman–Crippen MR) is 84.1 cm³/mol. The number of hydrogen-bond acceptors (Lipinski definition) is 2. The third-order valence-corrected chi connectivity index (χ3v) is 3.80. The molecule has 1 aromatic rings. The average Bonchev–Trinajstić information content (AvgIpc) is 2.44. The van der Waals surface area contributed by atoms with Crippen LogP contribution < -0.4 is 5.32 Å². The van der Waals surface area contributed by atoms with Gasteiger partial charge in [0.2, 0.25) is 0 Å². The fourth-order valence-corrected chi connectivity index (χ4v) is 2.66. The molecular formula is C13H16Cl3F5N2. The van der Waals surface area contributed by atoms with Gasteiger partial charge in [-0.2, -0.15) is 13.2 Å². The SMILES string of the molecule is Cl.Cl.FC[C@@H](c1c(C(F)(F)F)ccc(Cl)c1F)N1CCNCC1. The molecule has 23 heavy (non-hydrogen) atoms. The van der Waals surface area contributed by atoms with E-state index in [1.54, 1.807) is 0 Å². The molecule has 0 bridgehead atoms. The minimum Gasteiger partial charge on any atom is -0.314 e. The Labute approximate surface area is 148 Å². The maximum atomic E-state index is 14.1. The van der Waals surface area contributed by atoms with Gasteiger partial charge in [0.15, 0.2) is 0 Å². The van der Waals surface area contributed by atoms with Crippen LogP contribution in [-0.4, -0.2) is 37.8 Å². The van der Waals surface area contributed by atoms with Gasteiger partial charge in [-0.3, -0.25) is 4.90 Å². The molecule has 2 nitrogen and oxygen atoms in total. The van der Waals surface area contributed by atoms with E-state index in [4.69, 9.17) is 11.6 Å². The lowest BCUT2D eigenvalue weighted by molar-refractivity contribution is -0.139. The van der Waals surface area contributed by atoms with E-state index in [0.717, 1.165) is 6.07 Å². The van der Waals surface area contributed by atoms with Crippen LogP contribution in [0.15, 0.2) is 12.1 Å². The van der Waals surface area contributed by atoms with Crippen LogP contribution in [0.5, 0.6) is 0 Å². The van der Waals surface area contributed by atoms with Gasteiger partial charge in [0, 0.05) is 31.7 Å². The Balaban J connectivity index is 0.00000242. The van der Waals surface area contributed by atoms with Gasteiger partial charge in [-0.25, -0.2) is 8.78 Å². The van der Waals surface area contributed by atoms with E-state index in [0.29, 0.717) is 32.2 Å². The fourth-order valence-electron chi connectivity index (χ4n) is 2.49. The molecule has 1 heterocycles. The van der Waals surface area contributed by atoms with Crippen molar-refractivity contribution in [3.8, 4) is 0 Å². The summed E-state index contributed by atoms with van der Waals surface area (Å²) in [5, 5.41) is 2.57. The zero-order valence-electron chi connectivity index (χ0n) is 11.8. The standard InChI is InChI=1S/C13H14ClF5N2.2ClH/c14-9-2-1-8(13(17,18)19)11(12(9)16)10(7-15)21-5-3-20-4-6-21;;/h1-2,10,20H,3-7H2;2*1H/t10-;;/m0../s1. The molecule has 1 aromatic carbocycles. The summed E-state index contributed by atoms with van der Waals surface area (Å²) >= 11 is 5.58. The molecule has 0 saturated carbocycles. The Hall–Kier alpha value is -0.340. The highest BCUT2D eigenvalue weighted by Crippen LogP contribution is 2.40. The minimum atomic E-state index is -4.76. The maximum absolute atomic E-state index is 14.1. The summed E-state index contributed by atoms with van der Waals surface area (Å²) < 4.78 is 66.7. The zero-order chi connectivity index (χ0) is 15.6. The number of rotatable bonds is 3. The second-order valence-electron chi connectivity index (χ2n) is 4.78. The second-order valence-corrected chi connectivity index (χ2v) is 5.18. The van der Waals surface area contributed by atoms with Crippen molar-refractivity contribution in [1.82, 2.24) is 10.2 Å². The molecule has 0 amide bonds. The summed E-state index contributed by atoms with van der Waals surface area (Å²) in [6.45, 7) is 0.607. The van der Waals surface area contributed by atoms with E-state index in [2.05, 4.69) is 5.32 Å². The van der Waals surface area contributed by atoms with E-state index in [9.17, 15) is 22.0 Å². The first-order valence-electron chi connectivity index (χ1n) is 6.42. The zero-order valence-corrected chi connectivity index (χ0v) is 14.2. The molecule has 1 N–H and O–H groups in total. The van der Waals surface area contributed by atoms with Crippen molar-refractivity contribution in [2.75, 3.05) is 32.9 Å². The molecule has 0 aromatic heterocycles. The lowest BCUT2D eigenvalue weighted by atomic mass is 9.98. The highest BCUT2D eigenvalue weighted by Gasteiger charge is 2.39. The van der Waals surface area contributed by atoms with Crippen molar-refractivity contribution in [2.24, 2.45) is 0 Å². The van der Waals surface area contributed by atoms with Gasteiger partial charge in [0.1, 0.15) is 12.5 Å². The van der Waals surface area contributed by atoms with Crippen molar-refractivity contribution in [1.29, 1.82) is 0 Å². The van der Waals surface area contributed by atoms with Crippen molar-refractivity contribution in [3.63, 3.8) is 0 Å². The molecule has 1 saturated heterocycles. The van der Waals surface area contributed by atoms with Crippen LogP contribution in [0.3, 0.4) is 0 Å². The van der Waals surface area contributed by atoms with Gasteiger partial charge in [-0.1, -0.05) is 11.6 Å². The Bertz CT molecular complexity index is 507. The highest BCUT2D eigenvalue weighted by atomic mass is 35.5. The van der Waals surface area contributed by atoms with E-state index in [1.165, 1.54) is 4.90 Å². The third-order valence-electron chi connectivity index (χ3n) is 3.51. The first-order chi connectivity index (χ1) is 9.86. The average molecular weight is 402 g/mol. The maximum Gasteiger partial charge on any atom is 0.416 e.